The molecular weight excluding hydrogens is 111 g/mol. The summed E-state index contributed by atoms with van der Waals surface area (Å²) < 4.78 is 5.08. The Bertz CT molecular complexity index is 41.4. The molecule has 0 atom stereocenters. The largest absolute Gasteiger partial charge is 0.421 e. The molecule has 0 aliphatic carbocycles. The van der Waals surface area contributed by atoms with Crippen molar-refractivity contribution in [3.05, 3.63) is 0 Å². The van der Waals surface area contributed by atoms with Gasteiger partial charge in [0.15, 0.2) is 8.32 Å². The van der Waals surface area contributed by atoms with Gasteiger partial charge in [0.1, 0.15) is 0 Å². The van der Waals surface area contributed by atoms with E-state index >= 15 is 0 Å². The molecule has 0 radical (unpaired) electrons. The third kappa shape index (κ3) is 10.7. The first-order chi connectivity index (χ1) is 2.56. The molecule has 46 valence electrons. The minimum Gasteiger partial charge on any atom is -0.421 e. The molecule has 0 rings (SSSR count). The SMILES string of the molecule is CO[Si](C)(C)C.F. The maximum atomic E-state index is 5.08. The lowest BCUT2D eigenvalue weighted by atomic mass is 11.8. The van der Waals surface area contributed by atoms with E-state index < -0.39 is 8.32 Å². The van der Waals surface area contributed by atoms with Crippen LogP contribution in [0.2, 0.25) is 19.6 Å². The molecule has 3 heteroatoms. The second kappa shape index (κ2) is 3.15. The normalized spacial score (nSPS) is 10.3. The van der Waals surface area contributed by atoms with Crippen LogP contribution in [0.1, 0.15) is 0 Å². The summed E-state index contributed by atoms with van der Waals surface area (Å²) in [6.07, 6.45) is 0. The van der Waals surface area contributed by atoms with Gasteiger partial charge in [-0.05, 0) is 19.6 Å². The second-order valence-electron chi connectivity index (χ2n) is 2.32. The first kappa shape index (κ1) is 10.2. The Kier molecular flexibility index (Phi) is 4.58. The maximum Gasteiger partial charge on any atom is 0.183 e. The van der Waals surface area contributed by atoms with Gasteiger partial charge in [-0.1, -0.05) is 0 Å². The standard InChI is InChI=1S/C4H12OSi.FH/c1-5-6(2,3)4;/h1-4H3;1H. The van der Waals surface area contributed by atoms with Crippen LogP contribution in [0.4, 0.5) is 4.70 Å². The maximum absolute atomic E-state index is 5.08. The van der Waals surface area contributed by atoms with E-state index in [9.17, 15) is 0 Å². The van der Waals surface area contributed by atoms with Crippen molar-refractivity contribution in [1.29, 1.82) is 0 Å². The van der Waals surface area contributed by atoms with E-state index in [4.69, 9.17) is 4.43 Å². The Labute approximate surface area is 45.2 Å². The van der Waals surface area contributed by atoms with Gasteiger partial charge in [0.05, 0.1) is 0 Å². The summed E-state index contributed by atoms with van der Waals surface area (Å²) in [5, 5.41) is 0. The van der Waals surface area contributed by atoms with Crippen molar-refractivity contribution in [2.45, 2.75) is 19.6 Å². The predicted molar refractivity (Wildman–Crippen MR) is 32.9 cm³/mol. The summed E-state index contributed by atoms with van der Waals surface area (Å²) in [6, 6.07) is 0. The van der Waals surface area contributed by atoms with E-state index in [1.165, 1.54) is 0 Å². The Morgan fingerprint density at radius 3 is 1.29 bits per heavy atom. The second-order valence-corrected chi connectivity index (χ2v) is 6.95. The molecule has 0 heterocycles. The third-order valence-corrected chi connectivity index (χ3v) is 1.84. The highest BCUT2D eigenvalue weighted by molar-refractivity contribution is 6.69. The third-order valence-electron chi connectivity index (χ3n) is 0.612. The predicted octanol–water partition coefficient (Wildman–Crippen LogP) is 1.62. The van der Waals surface area contributed by atoms with Crippen LogP contribution in [0.25, 0.3) is 0 Å². The molecule has 1 nitrogen and oxygen atoms in total. The first-order valence-corrected chi connectivity index (χ1v) is 5.52. The lowest BCUT2D eigenvalue weighted by Gasteiger charge is -2.10. The van der Waals surface area contributed by atoms with E-state index in [0.717, 1.165) is 0 Å². The lowest BCUT2D eigenvalue weighted by molar-refractivity contribution is 0.411. The molecule has 0 saturated carbocycles. The van der Waals surface area contributed by atoms with Gasteiger partial charge in [-0.2, -0.15) is 0 Å². The lowest BCUT2D eigenvalue weighted by Crippen LogP contribution is -2.22. The zero-order chi connectivity index (χ0) is 5.21. The summed E-state index contributed by atoms with van der Waals surface area (Å²) >= 11 is 0. The Morgan fingerprint density at radius 2 is 1.29 bits per heavy atom. The molecule has 0 bridgehead atoms. The number of halogens is 1. The van der Waals surface area contributed by atoms with Crippen molar-refractivity contribution in [3.8, 4) is 0 Å². The molecule has 0 N–H and O–H groups in total. The van der Waals surface area contributed by atoms with Crippen LogP contribution in [0.5, 0.6) is 0 Å². The van der Waals surface area contributed by atoms with E-state index in [1.54, 1.807) is 7.11 Å². The van der Waals surface area contributed by atoms with Crippen LogP contribution >= 0.6 is 0 Å². The average Bonchev–Trinajstić information content (AvgIpc) is 1.35. The summed E-state index contributed by atoms with van der Waals surface area (Å²) in [7, 11) is 0.639. The van der Waals surface area contributed by atoms with Crippen molar-refractivity contribution < 1.29 is 9.13 Å². The molecule has 7 heavy (non-hydrogen) atoms. The van der Waals surface area contributed by atoms with Gasteiger partial charge in [0.25, 0.3) is 0 Å². The van der Waals surface area contributed by atoms with Crippen molar-refractivity contribution >= 4 is 8.32 Å². The van der Waals surface area contributed by atoms with E-state index in [0.29, 0.717) is 0 Å². The molecule has 0 aromatic rings. The quantitative estimate of drug-likeness (QED) is 0.483. The van der Waals surface area contributed by atoms with E-state index in [2.05, 4.69) is 19.6 Å². The van der Waals surface area contributed by atoms with Crippen LogP contribution in [0, 0.1) is 0 Å². The molecule has 0 aromatic carbocycles. The molecule has 0 fully saturated rings. The highest BCUT2D eigenvalue weighted by atomic mass is 28.4. The van der Waals surface area contributed by atoms with E-state index in [-0.39, 0.29) is 4.70 Å². The van der Waals surface area contributed by atoms with Gasteiger partial charge < -0.3 is 4.43 Å². The summed E-state index contributed by atoms with van der Waals surface area (Å²) in [6.45, 7) is 6.48. The molecule has 0 saturated heterocycles. The van der Waals surface area contributed by atoms with Crippen molar-refractivity contribution in [1.82, 2.24) is 0 Å². The van der Waals surface area contributed by atoms with Crippen molar-refractivity contribution in [2.24, 2.45) is 0 Å². The summed E-state index contributed by atoms with van der Waals surface area (Å²) in [5.74, 6) is 0. The monoisotopic (exact) mass is 124 g/mol. The fourth-order valence-corrected chi connectivity index (χ4v) is 0. The first-order valence-electron chi connectivity index (χ1n) is 2.11. The van der Waals surface area contributed by atoms with Gasteiger partial charge in [0.2, 0.25) is 0 Å². The summed E-state index contributed by atoms with van der Waals surface area (Å²) in [5.41, 5.74) is 0. The fourth-order valence-electron chi connectivity index (χ4n) is 0. The highest BCUT2D eigenvalue weighted by Crippen LogP contribution is 1.97. The van der Waals surface area contributed by atoms with Crippen molar-refractivity contribution in [3.63, 3.8) is 0 Å². The topological polar surface area (TPSA) is 9.23 Å². The van der Waals surface area contributed by atoms with Gasteiger partial charge in [-0.15, -0.1) is 0 Å². The van der Waals surface area contributed by atoms with Gasteiger partial charge in [-0.3, -0.25) is 4.70 Å². The average molecular weight is 124 g/mol. The molecular formula is C4H13FOSi. The number of hydrogen-bond acceptors (Lipinski definition) is 1. The molecule has 0 aromatic heterocycles. The Hall–Kier alpha value is 0.107. The van der Waals surface area contributed by atoms with Crippen LogP contribution in [0.3, 0.4) is 0 Å². The van der Waals surface area contributed by atoms with Gasteiger partial charge >= 0.3 is 0 Å². The molecule has 0 unspecified atom stereocenters. The fraction of sp³-hybridized carbons (Fsp3) is 1.00. The molecule has 0 aliphatic heterocycles. The minimum atomic E-state index is -1.13. The molecule has 0 spiro atoms. The van der Waals surface area contributed by atoms with Gasteiger partial charge in [0, 0.05) is 7.11 Å². The molecule has 0 amide bonds. The van der Waals surface area contributed by atoms with E-state index in [1.807, 2.05) is 0 Å². The minimum absolute atomic E-state index is 0. The highest BCUT2D eigenvalue weighted by Gasteiger charge is 2.09. The van der Waals surface area contributed by atoms with Crippen LogP contribution in [-0.4, -0.2) is 15.4 Å². The molecule has 0 aliphatic rings. The zero-order valence-electron chi connectivity index (χ0n) is 5.32. The summed E-state index contributed by atoms with van der Waals surface area (Å²) in [4.78, 5) is 0. The Morgan fingerprint density at radius 1 is 1.14 bits per heavy atom. The van der Waals surface area contributed by atoms with Gasteiger partial charge in [-0.25, -0.2) is 0 Å². The Balaban J connectivity index is 0. The number of rotatable bonds is 1. The smallest absolute Gasteiger partial charge is 0.183 e. The van der Waals surface area contributed by atoms with Crippen LogP contribution in [0.15, 0.2) is 0 Å². The number of hydrogen-bond donors (Lipinski definition) is 0. The van der Waals surface area contributed by atoms with Crippen molar-refractivity contribution in [2.75, 3.05) is 7.11 Å². The van der Waals surface area contributed by atoms with Crippen LogP contribution in [-0.2, 0) is 4.43 Å². The zero-order valence-corrected chi connectivity index (χ0v) is 6.32. The van der Waals surface area contributed by atoms with Crippen LogP contribution < -0.4 is 0 Å².